The van der Waals surface area contributed by atoms with E-state index in [9.17, 15) is 15.0 Å². The van der Waals surface area contributed by atoms with Crippen molar-refractivity contribution in [2.24, 2.45) is 5.41 Å². The van der Waals surface area contributed by atoms with Crippen molar-refractivity contribution < 1.29 is 15.0 Å². The minimum Gasteiger partial charge on any atom is -0.481 e. The number of aliphatic hydroxyl groups is 1. The fourth-order valence-electron chi connectivity index (χ4n) is 4.70. The molecule has 4 heteroatoms. The maximum Gasteiger partial charge on any atom is 0.309 e. The molecule has 0 bridgehead atoms. The molecule has 2 radical (unpaired) electrons. The van der Waals surface area contributed by atoms with Gasteiger partial charge in [0.1, 0.15) is 0 Å². The van der Waals surface area contributed by atoms with Gasteiger partial charge in [0.2, 0.25) is 0 Å². The summed E-state index contributed by atoms with van der Waals surface area (Å²) in [5.41, 5.74) is -1.21. The van der Waals surface area contributed by atoms with Gasteiger partial charge in [-0.05, 0) is 39.0 Å². The zero-order valence-corrected chi connectivity index (χ0v) is 14.8. The average Bonchev–Trinajstić information content (AvgIpc) is 2.41. The van der Waals surface area contributed by atoms with Crippen molar-refractivity contribution in [3.8, 4) is 0 Å². The summed E-state index contributed by atoms with van der Waals surface area (Å²) in [6, 6.07) is 0. The van der Waals surface area contributed by atoms with Gasteiger partial charge in [0.15, 0.2) is 0 Å². The van der Waals surface area contributed by atoms with Crippen LogP contribution in [0, 0.1) is 5.41 Å². The lowest BCUT2D eigenvalue weighted by Gasteiger charge is -2.42. The smallest absolute Gasteiger partial charge is 0.309 e. The van der Waals surface area contributed by atoms with Gasteiger partial charge in [-0.3, -0.25) is 4.79 Å². The van der Waals surface area contributed by atoms with E-state index in [0.717, 1.165) is 51.4 Å². The van der Waals surface area contributed by atoms with Crippen molar-refractivity contribution in [2.75, 3.05) is 0 Å². The summed E-state index contributed by atoms with van der Waals surface area (Å²) in [6.07, 6.45) is 13.1. The number of carbonyl (C=O) groups is 1. The van der Waals surface area contributed by atoms with E-state index in [1.165, 1.54) is 19.3 Å². The molecule has 2 aliphatic rings. The highest BCUT2D eigenvalue weighted by Gasteiger charge is 2.40. The highest BCUT2D eigenvalue weighted by atomic mass is 16.4. The molecule has 2 N–H and O–H groups in total. The fraction of sp³-hybridized carbons (Fsp3) is 0.947. The Morgan fingerprint density at radius 3 is 1.83 bits per heavy atom. The molecule has 2 aliphatic carbocycles. The predicted molar refractivity (Wildman–Crippen MR) is 93.8 cm³/mol. The summed E-state index contributed by atoms with van der Waals surface area (Å²) in [5, 5.41) is 20.2. The molecular weight excluding hydrogens is 287 g/mol. The van der Waals surface area contributed by atoms with E-state index in [2.05, 4.69) is 0 Å². The summed E-state index contributed by atoms with van der Waals surface area (Å²) >= 11 is 0. The quantitative estimate of drug-likeness (QED) is 0.746. The van der Waals surface area contributed by atoms with Crippen LogP contribution >= 0.6 is 0 Å². The highest BCUT2D eigenvalue weighted by molar-refractivity contribution is 6.15. The van der Waals surface area contributed by atoms with Crippen molar-refractivity contribution >= 4 is 13.8 Å². The standard InChI is InChI=1S/C19H33BO3/c1-17(16(21)22)9-7-11-18(20,12-8-10-17)15-19(23)13-5-3-2-4-6-14-19/h23H,2-15H2,1H3,(H,21,22). The first-order chi connectivity index (χ1) is 10.8. The van der Waals surface area contributed by atoms with E-state index in [-0.39, 0.29) is 5.31 Å². The van der Waals surface area contributed by atoms with Crippen LogP contribution in [0.3, 0.4) is 0 Å². The van der Waals surface area contributed by atoms with Gasteiger partial charge >= 0.3 is 5.97 Å². The van der Waals surface area contributed by atoms with Crippen LogP contribution in [0.2, 0.25) is 5.31 Å². The van der Waals surface area contributed by atoms with Crippen molar-refractivity contribution in [3.63, 3.8) is 0 Å². The molecule has 0 spiro atoms. The average molecular weight is 320 g/mol. The highest BCUT2D eigenvalue weighted by Crippen LogP contribution is 2.49. The van der Waals surface area contributed by atoms with Crippen LogP contribution in [-0.2, 0) is 4.79 Å². The SMILES string of the molecule is [B]C1(CC2(O)CCCCCCC2)CCCC(C)(C(=O)O)CCC1. The maximum absolute atomic E-state index is 11.5. The van der Waals surface area contributed by atoms with Gasteiger partial charge in [-0.1, -0.05) is 63.1 Å². The van der Waals surface area contributed by atoms with E-state index in [1.54, 1.807) is 0 Å². The molecule has 130 valence electrons. The monoisotopic (exact) mass is 320 g/mol. The first kappa shape index (κ1) is 18.8. The summed E-state index contributed by atoms with van der Waals surface area (Å²) in [4.78, 5) is 11.5. The van der Waals surface area contributed by atoms with Crippen LogP contribution in [0.4, 0.5) is 0 Å². The van der Waals surface area contributed by atoms with Crippen LogP contribution in [0.5, 0.6) is 0 Å². The maximum atomic E-state index is 11.5. The van der Waals surface area contributed by atoms with Gasteiger partial charge in [-0.25, -0.2) is 0 Å². The third-order valence-electron chi connectivity index (χ3n) is 6.29. The first-order valence-corrected chi connectivity index (χ1v) is 9.52. The molecule has 0 heterocycles. The Kier molecular flexibility index (Phi) is 6.21. The Labute approximate surface area is 142 Å². The van der Waals surface area contributed by atoms with E-state index in [0.29, 0.717) is 19.3 Å². The second kappa shape index (κ2) is 7.59. The number of rotatable bonds is 3. The van der Waals surface area contributed by atoms with Gasteiger partial charge in [-0.2, -0.15) is 0 Å². The van der Waals surface area contributed by atoms with Crippen molar-refractivity contribution in [3.05, 3.63) is 0 Å². The predicted octanol–water partition coefficient (Wildman–Crippen LogP) is 4.62. The number of carboxylic acids is 1. The molecule has 2 saturated carbocycles. The Morgan fingerprint density at radius 2 is 1.35 bits per heavy atom. The minimum absolute atomic E-state index is 0.326. The number of hydrogen-bond donors (Lipinski definition) is 2. The van der Waals surface area contributed by atoms with Crippen LogP contribution < -0.4 is 0 Å². The van der Waals surface area contributed by atoms with Crippen molar-refractivity contribution in [1.29, 1.82) is 0 Å². The third-order valence-corrected chi connectivity index (χ3v) is 6.29. The van der Waals surface area contributed by atoms with Gasteiger partial charge in [-0.15, -0.1) is 0 Å². The molecule has 3 nitrogen and oxygen atoms in total. The second-order valence-electron chi connectivity index (χ2n) is 8.60. The molecule has 0 atom stereocenters. The van der Waals surface area contributed by atoms with Crippen LogP contribution in [0.1, 0.15) is 96.8 Å². The fourth-order valence-corrected chi connectivity index (χ4v) is 4.70. The topological polar surface area (TPSA) is 57.5 Å². The van der Waals surface area contributed by atoms with Crippen LogP contribution in [-0.4, -0.2) is 29.6 Å². The molecule has 0 unspecified atom stereocenters. The largest absolute Gasteiger partial charge is 0.481 e. The molecule has 23 heavy (non-hydrogen) atoms. The molecule has 2 fully saturated rings. The molecule has 0 amide bonds. The van der Waals surface area contributed by atoms with Gasteiger partial charge in [0.05, 0.1) is 18.9 Å². The molecule has 2 rings (SSSR count). The molecule has 0 aromatic carbocycles. The lowest BCUT2D eigenvalue weighted by atomic mass is 9.55. The van der Waals surface area contributed by atoms with Gasteiger partial charge in [0.25, 0.3) is 0 Å². The molecule has 0 aliphatic heterocycles. The summed E-state index contributed by atoms with van der Waals surface area (Å²) in [5.74, 6) is -0.680. The third kappa shape index (κ3) is 5.24. The van der Waals surface area contributed by atoms with E-state index in [4.69, 9.17) is 7.85 Å². The minimum atomic E-state index is -0.680. The summed E-state index contributed by atoms with van der Waals surface area (Å²) in [6.45, 7) is 1.86. The lowest BCUT2D eigenvalue weighted by molar-refractivity contribution is -0.149. The zero-order chi connectivity index (χ0) is 17.0. The lowest BCUT2D eigenvalue weighted by Crippen LogP contribution is -2.37. The summed E-state index contributed by atoms with van der Waals surface area (Å²) in [7, 11) is 6.69. The van der Waals surface area contributed by atoms with E-state index >= 15 is 0 Å². The van der Waals surface area contributed by atoms with E-state index < -0.39 is 17.0 Å². The summed E-state index contributed by atoms with van der Waals surface area (Å²) < 4.78 is 0. The number of hydrogen-bond acceptors (Lipinski definition) is 2. The molecular formula is C19H33BO3. The first-order valence-electron chi connectivity index (χ1n) is 9.52. The molecule has 0 saturated heterocycles. The molecule has 0 aromatic rings. The normalized spacial score (nSPS) is 36.3. The van der Waals surface area contributed by atoms with Crippen LogP contribution in [0.15, 0.2) is 0 Å². The Balaban J connectivity index is 1.97. The van der Waals surface area contributed by atoms with Gasteiger partial charge < -0.3 is 10.2 Å². The van der Waals surface area contributed by atoms with E-state index in [1.807, 2.05) is 6.92 Å². The van der Waals surface area contributed by atoms with Crippen molar-refractivity contribution in [2.45, 2.75) is 108 Å². The Hall–Kier alpha value is -0.505. The number of carboxylic acid groups (broad SMARTS) is 1. The molecule has 0 aromatic heterocycles. The second-order valence-corrected chi connectivity index (χ2v) is 8.60. The Morgan fingerprint density at radius 1 is 0.870 bits per heavy atom. The van der Waals surface area contributed by atoms with Crippen molar-refractivity contribution in [1.82, 2.24) is 0 Å². The van der Waals surface area contributed by atoms with Crippen LogP contribution in [0.25, 0.3) is 0 Å². The Bertz CT molecular complexity index is 389. The zero-order valence-electron chi connectivity index (χ0n) is 14.8. The number of aliphatic carboxylic acids is 1. The van der Waals surface area contributed by atoms with Gasteiger partial charge in [0, 0.05) is 0 Å².